The van der Waals surface area contributed by atoms with E-state index in [1.165, 1.54) is 28.4 Å². The van der Waals surface area contributed by atoms with Gasteiger partial charge in [-0.2, -0.15) is 0 Å². The summed E-state index contributed by atoms with van der Waals surface area (Å²) in [5.74, 6) is -0.264. The number of carbonyl (C=O) groups is 3. The van der Waals surface area contributed by atoms with Crippen molar-refractivity contribution in [3.63, 3.8) is 0 Å². The van der Waals surface area contributed by atoms with Gasteiger partial charge in [0.1, 0.15) is 17.5 Å². The summed E-state index contributed by atoms with van der Waals surface area (Å²) in [5, 5.41) is 2.83. The highest BCUT2D eigenvalue weighted by Gasteiger charge is 2.40. The Bertz CT molecular complexity index is 1130. The second-order valence-electron chi connectivity index (χ2n) is 7.08. The van der Waals surface area contributed by atoms with Crippen molar-refractivity contribution < 1.29 is 18.8 Å². The molecule has 2 aliphatic heterocycles. The summed E-state index contributed by atoms with van der Waals surface area (Å²) in [7, 11) is 0. The maximum absolute atomic E-state index is 13.3. The lowest BCUT2D eigenvalue weighted by Gasteiger charge is -2.39. The van der Waals surface area contributed by atoms with Crippen molar-refractivity contribution >= 4 is 23.4 Å². The maximum Gasteiger partial charge on any atom is 0.274 e. The summed E-state index contributed by atoms with van der Waals surface area (Å²) < 4.78 is 5.42. The van der Waals surface area contributed by atoms with Crippen molar-refractivity contribution in [1.82, 2.24) is 19.8 Å². The number of amides is 3. The van der Waals surface area contributed by atoms with E-state index in [4.69, 9.17) is 4.42 Å². The Morgan fingerprint density at radius 3 is 2.83 bits per heavy atom. The molecule has 2 aromatic heterocycles. The van der Waals surface area contributed by atoms with E-state index in [1.807, 2.05) is 0 Å². The molecule has 30 heavy (non-hydrogen) atoms. The van der Waals surface area contributed by atoms with Crippen molar-refractivity contribution in [3.8, 4) is 11.3 Å². The highest BCUT2D eigenvalue weighted by atomic mass is 16.3. The van der Waals surface area contributed by atoms with E-state index >= 15 is 0 Å². The minimum Gasteiger partial charge on any atom is -0.464 e. The number of carbonyl (C=O) groups excluding carboxylic acids is 3. The van der Waals surface area contributed by atoms with E-state index < -0.39 is 6.04 Å². The van der Waals surface area contributed by atoms with Gasteiger partial charge in [0.2, 0.25) is 5.91 Å². The third kappa shape index (κ3) is 3.00. The zero-order valence-electron chi connectivity index (χ0n) is 15.8. The lowest BCUT2D eigenvalue weighted by Crippen LogP contribution is -2.59. The van der Waals surface area contributed by atoms with E-state index in [0.29, 0.717) is 23.6 Å². The van der Waals surface area contributed by atoms with Crippen LogP contribution < -0.4 is 5.32 Å². The van der Waals surface area contributed by atoms with Gasteiger partial charge in [0.25, 0.3) is 11.8 Å². The number of benzene rings is 1. The molecular weight excluding hydrogens is 386 g/mol. The van der Waals surface area contributed by atoms with Crippen molar-refractivity contribution in [2.75, 3.05) is 25.0 Å². The molecule has 3 amide bonds. The van der Waals surface area contributed by atoms with Crippen LogP contribution >= 0.6 is 0 Å². The number of nitrogens with one attached hydrogen (secondary N) is 1. The first-order valence-corrected chi connectivity index (χ1v) is 9.47. The number of hydrogen-bond donors (Lipinski definition) is 1. The lowest BCUT2D eigenvalue weighted by atomic mass is 10.1. The molecule has 0 unspecified atom stereocenters. The standard InChI is InChI=1S/C21H17N5O4/c27-19-17-12-25(21(29)16-11-22-5-6-23-16)7-8-26(17)20(28)14-10-13(3-4-15(14)24-19)18-2-1-9-30-18/h1-6,9-11,17H,7-8,12H2,(H,24,27)/t17-/m0/s1. The smallest absolute Gasteiger partial charge is 0.274 e. The van der Waals surface area contributed by atoms with Crippen LogP contribution in [0, 0.1) is 0 Å². The number of fused-ring (bicyclic) bond motifs is 2. The fraction of sp³-hybridized carbons (Fsp3) is 0.190. The van der Waals surface area contributed by atoms with Crippen LogP contribution in [0.25, 0.3) is 11.3 Å². The molecule has 4 heterocycles. The molecule has 150 valence electrons. The van der Waals surface area contributed by atoms with Gasteiger partial charge in [0.15, 0.2) is 0 Å². The largest absolute Gasteiger partial charge is 0.464 e. The SMILES string of the molecule is O=C1Nc2ccc(-c3ccco3)cc2C(=O)N2CCN(C(=O)c3cnccn3)C[C@@H]12. The predicted octanol–water partition coefficient (Wildman–Crippen LogP) is 1.66. The number of hydrogen-bond acceptors (Lipinski definition) is 6. The lowest BCUT2D eigenvalue weighted by molar-refractivity contribution is -0.121. The molecule has 0 bridgehead atoms. The van der Waals surface area contributed by atoms with Crippen LogP contribution in [0.2, 0.25) is 0 Å². The average molecular weight is 403 g/mol. The van der Waals surface area contributed by atoms with Crippen LogP contribution in [-0.2, 0) is 4.79 Å². The molecule has 1 aromatic carbocycles. The van der Waals surface area contributed by atoms with Crippen molar-refractivity contribution in [1.29, 1.82) is 0 Å². The van der Waals surface area contributed by atoms with Crippen LogP contribution in [0.1, 0.15) is 20.8 Å². The van der Waals surface area contributed by atoms with Crippen molar-refractivity contribution in [3.05, 3.63) is 66.4 Å². The minimum absolute atomic E-state index is 0.0893. The van der Waals surface area contributed by atoms with Crippen LogP contribution in [0.5, 0.6) is 0 Å². The molecule has 9 heteroatoms. The molecule has 1 N–H and O–H groups in total. The zero-order chi connectivity index (χ0) is 20.7. The number of piperazine rings is 1. The number of anilines is 1. The molecule has 3 aromatic rings. The molecule has 9 nitrogen and oxygen atoms in total. The van der Waals surface area contributed by atoms with Gasteiger partial charge in [0.05, 0.1) is 30.3 Å². The molecule has 2 aliphatic rings. The van der Waals surface area contributed by atoms with E-state index in [2.05, 4.69) is 15.3 Å². The molecule has 1 saturated heterocycles. The monoisotopic (exact) mass is 403 g/mol. The van der Waals surface area contributed by atoms with Gasteiger partial charge in [-0.25, -0.2) is 4.98 Å². The van der Waals surface area contributed by atoms with E-state index in [1.54, 1.807) is 36.6 Å². The van der Waals surface area contributed by atoms with Gasteiger partial charge >= 0.3 is 0 Å². The van der Waals surface area contributed by atoms with Crippen LogP contribution in [-0.4, -0.2) is 63.2 Å². The predicted molar refractivity (Wildman–Crippen MR) is 106 cm³/mol. The van der Waals surface area contributed by atoms with Crippen molar-refractivity contribution in [2.45, 2.75) is 6.04 Å². The topological polar surface area (TPSA) is 109 Å². The third-order valence-electron chi connectivity index (χ3n) is 5.33. The van der Waals surface area contributed by atoms with Crippen LogP contribution in [0.4, 0.5) is 5.69 Å². The molecule has 0 spiro atoms. The second-order valence-corrected chi connectivity index (χ2v) is 7.08. The van der Waals surface area contributed by atoms with Crippen LogP contribution in [0.15, 0.2) is 59.6 Å². The maximum atomic E-state index is 13.3. The first kappa shape index (κ1) is 18.0. The van der Waals surface area contributed by atoms with Gasteiger partial charge in [0, 0.05) is 31.0 Å². The summed E-state index contributed by atoms with van der Waals surface area (Å²) in [6.45, 7) is 0.636. The van der Waals surface area contributed by atoms with E-state index in [9.17, 15) is 14.4 Å². The Hall–Kier alpha value is -4.01. The normalized spacial score (nSPS) is 18.3. The van der Waals surface area contributed by atoms with E-state index in [-0.39, 0.29) is 36.5 Å². The number of rotatable bonds is 2. The Labute approximate surface area is 171 Å². The Kier molecular flexibility index (Phi) is 4.27. The Morgan fingerprint density at radius 2 is 2.07 bits per heavy atom. The third-order valence-corrected chi connectivity index (χ3v) is 5.33. The average Bonchev–Trinajstić information content (AvgIpc) is 3.30. The fourth-order valence-corrected chi connectivity index (χ4v) is 3.80. The first-order chi connectivity index (χ1) is 14.6. The highest BCUT2D eigenvalue weighted by Crippen LogP contribution is 2.30. The summed E-state index contributed by atoms with van der Waals surface area (Å²) in [6.07, 6.45) is 5.88. The van der Waals surface area contributed by atoms with E-state index in [0.717, 1.165) is 5.56 Å². The summed E-state index contributed by atoms with van der Waals surface area (Å²) in [6, 6.07) is 8.00. The van der Waals surface area contributed by atoms with Gasteiger partial charge in [-0.05, 0) is 30.3 Å². The van der Waals surface area contributed by atoms with Gasteiger partial charge in [-0.1, -0.05) is 0 Å². The van der Waals surface area contributed by atoms with Gasteiger partial charge < -0.3 is 19.5 Å². The first-order valence-electron chi connectivity index (χ1n) is 9.47. The quantitative estimate of drug-likeness (QED) is 0.697. The number of nitrogens with zero attached hydrogens (tertiary/aromatic N) is 4. The molecule has 0 radical (unpaired) electrons. The second kappa shape index (κ2) is 7.11. The summed E-state index contributed by atoms with van der Waals surface area (Å²) in [5.41, 5.74) is 1.80. The highest BCUT2D eigenvalue weighted by molar-refractivity contribution is 6.11. The molecule has 1 fully saturated rings. The Morgan fingerprint density at radius 1 is 1.17 bits per heavy atom. The van der Waals surface area contributed by atoms with Gasteiger partial charge in [-0.15, -0.1) is 0 Å². The minimum atomic E-state index is -0.786. The summed E-state index contributed by atoms with van der Waals surface area (Å²) >= 11 is 0. The molecule has 0 aliphatic carbocycles. The summed E-state index contributed by atoms with van der Waals surface area (Å²) in [4.78, 5) is 49.9. The fourth-order valence-electron chi connectivity index (χ4n) is 3.80. The zero-order valence-corrected chi connectivity index (χ0v) is 15.8. The molecule has 0 saturated carbocycles. The van der Waals surface area contributed by atoms with Crippen molar-refractivity contribution in [2.24, 2.45) is 0 Å². The molecule has 1 atom stereocenters. The van der Waals surface area contributed by atoms with Gasteiger partial charge in [-0.3, -0.25) is 19.4 Å². The molecular formula is C21H17N5O4. The number of furan rings is 1. The Balaban J connectivity index is 1.43. The van der Waals surface area contributed by atoms with Crippen LogP contribution in [0.3, 0.4) is 0 Å². The molecule has 5 rings (SSSR count). The number of aromatic nitrogens is 2.